The van der Waals surface area contributed by atoms with Crippen LogP contribution in [0.2, 0.25) is 0 Å². The molecular formula is C9H11NO2S. The molecule has 0 spiro atoms. The predicted molar refractivity (Wildman–Crippen MR) is 54.6 cm³/mol. The third kappa shape index (κ3) is 1.67. The van der Waals surface area contributed by atoms with Crippen molar-refractivity contribution in [1.82, 2.24) is 0 Å². The minimum atomic E-state index is -0.374. The van der Waals surface area contributed by atoms with Crippen LogP contribution in [0.3, 0.4) is 0 Å². The van der Waals surface area contributed by atoms with Gasteiger partial charge >= 0.3 is 0 Å². The molecule has 0 saturated carbocycles. The average Bonchev–Trinajstić information content (AvgIpc) is 2.07. The molecule has 1 aromatic carbocycles. The van der Waals surface area contributed by atoms with Crippen LogP contribution in [0, 0.1) is 30.9 Å². The van der Waals surface area contributed by atoms with Crippen molar-refractivity contribution in [3.05, 3.63) is 32.9 Å². The first-order chi connectivity index (χ1) is 5.95. The Morgan fingerprint density at radius 2 is 1.77 bits per heavy atom. The zero-order valence-corrected chi connectivity index (χ0v) is 8.68. The van der Waals surface area contributed by atoms with E-state index in [0.717, 1.165) is 16.7 Å². The molecule has 0 aliphatic heterocycles. The van der Waals surface area contributed by atoms with Gasteiger partial charge in [-0.15, -0.1) is 12.6 Å². The van der Waals surface area contributed by atoms with Crippen LogP contribution in [0.15, 0.2) is 11.0 Å². The average molecular weight is 197 g/mol. The lowest BCUT2D eigenvalue weighted by atomic mass is 10.0. The molecule has 0 unspecified atom stereocenters. The molecule has 0 aromatic heterocycles. The normalized spacial score (nSPS) is 10.2. The summed E-state index contributed by atoms with van der Waals surface area (Å²) >= 11 is 4.17. The van der Waals surface area contributed by atoms with Gasteiger partial charge in [-0.05, 0) is 31.9 Å². The van der Waals surface area contributed by atoms with Crippen LogP contribution in [0.5, 0.6) is 0 Å². The molecule has 0 heterocycles. The largest absolute Gasteiger partial charge is 0.273 e. The van der Waals surface area contributed by atoms with Gasteiger partial charge in [0.1, 0.15) is 0 Å². The van der Waals surface area contributed by atoms with Gasteiger partial charge in [-0.25, -0.2) is 0 Å². The monoisotopic (exact) mass is 197 g/mol. The molecule has 70 valence electrons. The van der Waals surface area contributed by atoms with E-state index in [1.165, 1.54) is 6.07 Å². The Morgan fingerprint density at radius 1 is 1.23 bits per heavy atom. The van der Waals surface area contributed by atoms with Gasteiger partial charge in [-0.3, -0.25) is 10.1 Å². The van der Waals surface area contributed by atoms with Crippen LogP contribution in [0.4, 0.5) is 5.69 Å². The first-order valence-corrected chi connectivity index (χ1v) is 4.34. The Balaban J connectivity index is 3.50. The second-order valence-electron chi connectivity index (χ2n) is 3.05. The Hall–Kier alpha value is -1.03. The molecule has 1 aromatic rings. The second kappa shape index (κ2) is 3.38. The number of hydrogen-bond donors (Lipinski definition) is 1. The molecule has 0 aliphatic carbocycles. The minimum absolute atomic E-state index is 0.146. The summed E-state index contributed by atoms with van der Waals surface area (Å²) < 4.78 is 0. The van der Waals surface area contributed by atoms with E-state index in [1.54, 1.807) is 6.92 Å². The molecule has 0 saturated heterocycles. The molecule has 0 atom stereocenters. The number of benzene rings is 1. The molecule has 4 heteroatoms. The summed E-state index contributed by atoms with van der Waals surface area (Å²) in [6.45, 7) is 5.54. The molecule has 0 fully saturated rings. The summed E-state index contributed by atoms with van der Waals surface area (Å²) in [4.78, 5) is 10.9. The van der Waals surface area contributed by atoms with E-state index >= 15 is 0 Å². The number of nitro benzene ring substituents is 1. The summed E-state index contributed by atoms with van der Waals surface area (Å²) in [5, 5.41) is 10.6. The van der Waals surface area contributed by atoms with Crippen molar-refractivity contribution >= 4 is 18.3 Å². The van der Waals surface area contributed by atoms with Crippen molar-refractivity contribution in [2.45, 2.75) is 25.7 Å². The summed E-state index contributed by atoms with van der Waals surface area (Å²) in [5.74, 6) is 0. The summed E-state index contributed by atoms with van der Waals surface area (Å²) in [5.41, 5.74) is 2.82. The minimum Gasteiger partial charge on any atom is -0.258 e. The van der Waals surface area contributed by atoms with E-state index in [4.69, 9.17) is 0 Å². The van der Waals surface area contributed by atoms with Crippen molar-refractivity contribution in [2.24, 2.45) is 0 Å². The van der Waals surface area contributed by atoms with Crippen molar-refractivity contribution in [3.63, 3.8) is 0 Å². The van der Waals surface area contributed by atoms with E-state index < -0.39 is 0 Å². The van der Waals surface area contributed by atoms with Gasteiger partial charge in [0, 0.05) is 16.5 Å². The second-order valence-corrected chi connectivity index (χ2v) is 3.53. The molecule has 3 nitrogen and oxygen atoms in total. The molecule has 13 heavy (non-hydrogen) atoms. The smallest absolute Gasteiger partial charge is 0.258 e. The van der Waals surface area contributed by atoms with Crippen LogP contribution in [0.25, 0.3) is 0 Å². The Bertz CT molecular complexity index is 374. The molecule has 0 radical (unpaired) electrons. The van der Waals surface area contributed by atoms with Gasteiger partial charge in [-0.1, -0.05) is 0 Å². The molecule has 1 rings (SSSR count). The van der Waals surface area contributed by atoms with Crippen molar-refractivity contribution in [3.8, 4) is 0 Å². The highest BCUT2D eigenvalue weighted by molar-refractivity contribution is 7.80. The molecule has 0 aliphatic rings. The number of nitrogens with zero attached hydrogens (tertiary/aromatic N) is 1. The maximum absolute atomic E-state index is 10.6. The molecule has 0 bridgehead atoms. The van der Waals surface area contributed by atoms with Crippen molar-refractivity contribution < 1.29 is 4.92 Å². The maximum Gasteiger partial charge on any atom is 0.273 e. The van der Waals surface area contributed by atoms with E-state index in [9.17, 15) is 10.1 Å². The molecular weight excluding hydrogens is 186 g/mol. The number of nitro groups is 1. The fourth-order valence-corrected chi connectivity index (χ4v) is 1.49. The summed E-state index contributed by atoms with van der Waals surface area (Å²) in [6, 6.07) is 1.50. The number of thiol groups is 1. The maximum atomic E-state index is 10.6. The standard InChI is InChI=1S/C9H11NO2S/c1-5-6(2)8(10(11)12)4-9(13)7(5)3/h4,13H,1-3H3. The van der Waals surface area contributed by atoms with E-state index in [-0.39, 0.29) is 10.6 Å². The Morgan fingerprint density at radius 3 is 2.23 bits per heavy atom. The lowest BCUT2D eigenvalue weighted by Crippen LogP contribution is -1.96. The number of hydrogen-bond acceptors (Lipinski definition) is 3. The molecule has 0 amide bonds. The third-order valence-corrected chi connectivity index (χ3v) is 2.83. The van der Waals surface area contributed by atoms with E-state index in [1.807, 2.05) is 13.8 Å². The summed E-state index contributed by atoms with van der Waals surface area (Å²) in [6.07, 6.45) is 0. The lowest BCUT2D eigenvalue weighted by Gasteiger charge is -2.07. The van der Waals surface area contributed by atoms with Gasteiger partial charge < -0.3 is 0 Å². The van der Waals surface area contributed by atoms with E-state index in [0.29, 0.717) is 4.90 Å². The zero-order valence-electron chi connectivity index (χ0n) is 7.79. The number of rotatable bonds is 1. The fraction of sp³-hybridized carbons (Fsp3) is 0.333. The van der Waals surface area contributed by atoms with Crippen molar-refractivity contribution in [1.29, 1.82) is 0 Å². The summed E-state index contributed by atoms with van der Waals surface area (Å²) in [7, 11) is 0. The van der Waals surface area contributed by atoms with Gasteiger partial charge in [-0.2, -0.15) is 0 Å². The van der Waals surface area contributed by atoms with Crippen LogP contribution >= 0.6 is 12.6 Å². The highest BCUT2D eigenvalue weighted by atomic mass is 32.1. The first-order valence-electron chi connectivity index (χ1n) is 3.89. The van der Waals surface area contributed by atoms with Crippen LogP contribution in [0.1, 0.15) is 16.7 Å². The Labute approximate surface area is 82.3 Å². The van der Waals surface area contributed by atoms with Crippen LogP contribution in [-0.2, 0) is 0 Å². The van der Waals surface area contributed by atoms with Gasteiger partial charge in [0.15, 0.2) is 0 Å². The van der Waals surface area contributed by atoms with Crippen LogP contribution < -0.4 is 0 Å². The van der Waals surface area contributed by atoms with Gasteiger partial charge in [0.2, 0.25) is 0 Å². The topological polar surface area (TPSA) is 43.1 Å². The highest BCUT2D eigenvalue weighted by Gasteiger charge is 2.15. The molecule has 0 N–H and O–H groups in total. The third-order valence-electron chi connectivity index (χ3n) is 2.36. The zero-order chi connectivity index (χ0) is 10.2. The first kappa shape index (κ1) is 10.1. The SMILES string of the molecule is Cc1c(S)cc([N+](=O)[O-])c(C)c1C. The predicted octanol–water partition coefficient (Wildman–Crippen LogP) is 2.81. The van der Waals surface area contributed by atoms with Crippen molar-refractivity contribution in [2.75, 3.05) is 0 Å². The van der Waals surface area contributed by atoms with Gasteiger partial charge in [0.05, 0.1) is 4.92 Å². The Kier molecular flexibility index (Phi) is 2.61. The quantitative estimate of drug-likeness (QED) is 0.427. The van der Waals surface area contributed by atoms with Crippen LogP contribution in [-0.4, -0.2) is 4.92 Å². The van der Waals surface area contributed by atoms with E-state index in [2.05, 4.69) is 12.6 Å². The highest BCUT2D eigenvalue weighted by Crippen LogP contribution is 2.28. The lowest BCUT2D eigenvalue weighted by molar-refractivity contribution is -0.385. The van der Waals surface area contributed by atoms with Gasteiger partial charge in [0.25, 0.3) is 5.69 Å². The fourth-order valence-electron chi connectivity index (χ4n) is 1.20.